The minimum atomic E-state index is -4.27. The Kier molecular flexibility index (Phi) is 7.63. The molecule has 1 aliphatic rings. The minimum Gasteiger partial charge on any atom is -0.481 e. The molecule has 0 saturated carbocycles. The van der Waals surface area contributed by atoms with E-state index >= 15 is 0 Å². The number of aryl methyl sites for hydroxylation is 1. The number of hydroxylamine groups is 1. The van der Waals surface area contributed by atoms with E-state index in [0.29, 0.717) is 17.0 Å². The number of para-hydroxylation sites is 1. The van der Waals surface area contributed by atoms with Crippen LogP contribution in [-0.4, -0.2) is 48.9 Å². The van der Waals surface area contributed by atoms with Gasteiger partial charge in [-0.3, -0.25) is 14.8 Å². The van der Waals surface area contributed by atoms with Crippen molar-refractivity contribution in [3.8, 4) is 17.6 Å². The SMILES string of the molecule is CC#CCOc1ccc(S(=O)(=O)N2Cc3ccccc3N(C(=O)c3cc(C)co3)CC2C(=O)NO)cc1. The molecule has 3 aromatic rings. The summed E-state index contributed by atoms with van der Waals surface area (Å²) in [5, 5.41) is 9.46. The standard InChI is InChI=1S/C26H25N3O7S/c1-3-4-13-35-20-9-11-21(12-10-20)37(33,34)29-15-19-7-5-6-8-22(19)28(16-23(29)25(30)27-32)26(31)24-14-18(2)17-36-24/h5-12,14,17,23,32H,13,15-16H2,1-2H3,(H,27,30). The Bertz CT molecular complexity index is 1470. The number of nitrogens with zero attached hydrogens (tertiary/aromatic N) is 2. The lowest BCUT2D eigenvalue weighted by atomic mass is 10.1. The number of sulfonamides is 1. The van der Waals surface area contributed by atoms with Crippen molar-refractivity contribution in [2.45, 2.75) is 31.3 Å². The van der Waals surface area contributed by atoms with Crippen LogP contribution in [0.2, 0.25) is 0 Å². The predicted molar refractivity (Wildman–Crippen MR) is 133 cm³/mol. The van der Waals surface area contributed by atoms with Crippen molar-refractivity contribution in [3.05, 3.63) is 77.7 Å². The number of anilines is 1. The largest absolute Gasteiger partial charge is 0.481 e. The van der Waals surface area contributed by atoms with E-state index in [2.05, 4.69) is 11.8 Å². The number of carbonyl (C=O) groups excluding carboxylic acids is 2. The van der Waals surface area contributed by atoms with Crippen LogP contribution in [0.3, 0.4) is 0 Å². The Morgan fingerprint density at radius 1 is 1.19 bits per heavy atom. The van der Waals surface area contributed by atoms with E-state index in [1.165, 1.54) is 35.4 Å². The van der Waals surface area contributed by atoms with Gasteiger partial charge in [-0.2, -0.15) is 4.31 Å². The molecule has 1 aliphatic heterocycles. The highest BCUT2D eigenvalue weighted by molar-refractivity contribution is 7.89. The van der Waals surface area contributed by atoms with E-state index in [4.69, 9.17) is 9.15 Å². The molecule has 0 radical (unpaired) electrons. The fourth-order valence-corrected chi connectivity index (χ4v) is 5.55. The molecule has 2 amide bonds. The third-order valence-corrected chi connectivity index (χ3v) is 7.70. The van der Waals surface area contributed by atoms with Gasteiger partial charge in [-0.15, -0.1) is 5.92 Å². The third-order valence-electron chi connectivity index (χ3n) is 5.83. The maximum atomic E-state index is 13.8. The van der Waals surface area contributed by atoms with Gasteiger partial charge in [-0.1, -0.05) is 24.1 Å². The molecule has 2 N–H and O–H groups in total. The van der Waals surface area contributed by atoms with Gasteiger partial charge < -0.3 is 14.1 Å². The zero-order chi connectivity index (χ0) is 26.6. The van der Waals surface area contributed by atoms with Gasteiger partial charge in [0, 0.05) is 12.2 Å². The summed E-state index contributed by atoms with van der Waals surface area (Å²) in [5.41, 5.74) is 3.20. The first kappa shape index (κ1) is 26.0. The van der Waals surface area contributed by atoms with Crippen LogP contribution in [0.15, 0.2) is 70.2 Å². The second kappa shape index (κ2) is 10.9. The van der Waals surface area contributed by atoms with E-state index in [1.807, 2.05) is 0 Å². The molecular weight excluding hydrogens is 498 g/mol. The molecule has 4 rings (SSSR count). The molecule has 2 heterocycles. The summed E-state index contributed by atoms with van der Waals surface area (Å²) in [5.74, 6) is 4.39. The third kappa shape index (κ3) is 5.36. The van der Waals surface area contributed by atoms with Crippen molar-refractivity contribution in [1.82, 2.24) is 9.79 Å². The lowest BCUT2D eigenvalue weighted by molar-refractivity contribution is -0.133. The molecule has 1 aromatic heterocycles. The normalized spacial score (nSPS) is 15.6. The molecule has 11 heteroatoms. The molecule has 2 aromatic carbocycles. The van der Waals surface area contributed by atoms with Crippen molar-refractivity contribution >= 4 is 27.5 Å². The summed E-state index contributed by atoms with van der Waals surface area (Å²) >= 11 is 0. The van der Waals surface area contributed by atoms with Crippen LogP contribution in [-0.2, 0) is 21.4 Å². The molecule has 0 saturated heterocycles. The van der Waals surface area contributed by atoms with Crippen molar-refractivity contribution in [1.29, 1.82) is 0 Å². The predicted octanol–water partition coefficient (Wildman–Crippen LogP) is 2.72. The molecule has 0 spiro atoms. The fourth-order valence-electron chi connectivity index (χ4n) is 3.99. The van der Waals surface area contributed by atoms with Crippen LogP contribution in [0.1, 0.15) is 28.6 Å². The highest BCUT2D eigenvalue weighted by atomic mass is 32.2. The monoisotopic (exact) mass is 523 g/mol. The van der Waals surface area contributed by atoms with Crippen LogP contribution in [0.5, 0.6) is 5.75 Å². The number of nitrogens with one attached hydrogen (secondary N) is 1. The average Bonchev–Trinajstić information content (AvgIpc) is 3.26. The maximum Gasteiger partial charge on any atom is 0.294 e. The topological polar surface area (TPSA) is 129 Å². The zero-order valence-electron chi connectivity index (χ0n) is 20.2. The zero-order valence-corrected chi connectivity index (χ0v) is 21.0. The van der Waals surface area contributed by atoms with Gasteiger partial charge in [0.1, 0.15) is 18.4 Å². The highest BCUT2D eigenvalue weighted by Crippen LogP contribution is 2.32. The van der Waals surface area contributed by atoms with Gasteiger partial charge in [-0.05, 0) is 61.4 Å². The molecule has 192 valence electrons. The first-order chi connectivity index (χ1) is 17.8. The maximum absolute atomic E-state index is 13.8. The second-order valence-electron chi connectivity index (χ2n) is 8.26. The Morgan fingerprint density at radius 2 is 1.92 bits per heavy atom. The number of furan rings is 1. The highest BCUT2D eigenvalue weighted by Gasteiger charge is 2.42. The van der Waals surface area contributed by atoms with Gasteiger partial charge >= 0.3 is 0 Å². The number of hydrogen-bond acceptors (Lipinski definition) is 7. The number of fused-ring (bicyclic) bond motifs is 1. The number of amides is 2. The number of benzene rings is 2. The number of hydrogen-bond donors (Lipinski definition) is 2. The summed E-state index contributed by atoms with van der Waals surface area (Å²) in [6, 6.07) is 12.6. The molecule has 1 unspecified atom stereocenters. The Hall–Kier alpha value is -4.11. The van der Waals surface area contributed by atoms with Crippen LogP contribution in [0.25, 0.3) is 0 Å². The summed E-state index contributed by atoms with van der Waals surface area (Å²) in [6.07, 6.45) is 1.42. The molecule has 10 nitrogen and oxygen atoms in total. The van der Waals surface area contributed by atoms with E-state index < -0.39 is 27.9 Å². The van der Waals surface area contributed by atoms with E-state index in [-0.39, 0.29) is 30.4 Å². The first-order valence-electron chi connectivity index (χ1n) is 11.3. The number of rotatable bonds is 6. The summed E-state index contributed by atoms with van der Waals surface area (Å²) < 4.78 is 39.4. The molecule has 0 bridgehead atoms. The van der Waals surface area contributed by atoms with Crippen LogP contribution < -0.4 is 15.1 Å². The summed E-state index contributed by atoms with van der Waals surface area (Å²) in [7, 11) is -4.27. The van der Waals surface area contributed by atoms with Crippen LogP contribution in [0, 0.1) is 18.8 Å². The van der Waals surface area contributed by atoms with Gasteiger partial charge in [0.15, 0.2) is 5.76 Å². The number of ether oxygens (including phenoxy) is 1. The van der Waals surface area contributed by atoms with Crippen molar-refractivity contribution in [2.24, 2.45) is 0 Å². The summed E-state index contributed by atoms with van der Waals surface area (Å²) in [4.78, 5) is 27.4. The van der Waals surface area contributed by atoms with Gasteiger partial charge in [0.25, 0.3) is 11.8 Å². The Morgan fingerprint density at radius 3 is 2.57 bits per heavy atom. The lowest BCUT2D eigenvalue weighted by Gasteiger charge is -2.29. The van der Waals surface area contributed by atoms with E-state index in [9.17, 15) is 23.2 Å². The molecule has 1 atom stereocenters. The lowest BCUT2D eigenvalue weighted by Crippen LogP contribution is -2.53. The van der Waals surface area contributed by atoms with Crippen molar-refractivity contribution in [2.75, 3.05) is 18.1 Å². The molecule has 37 heavy (non-hydrogen) atoms. The van der Waals surface area contributed by atoms with E-state index in [0.717, 1.165) is 9.87 Å². The number of carbonyl (C=O) groups is 2. The average molecular weight is 524 g/mol. The quantitative estimate of drug-likeness (QED) is 0.289. The fraction of sp³-hybridized carbons (Fsp3) is 0.231. The smallest absolute Gasteiger partial charge is 0.294 e. The minimum absolute atomic E-state index is 0.0371. The van der Waals surface area contributed by atoms with E-state index in [1.54, 1.807) is 49.7 Å². The first-order valence-corrected chi connectivity index (χ1v) is 12.7. The Labute approximate surface area is 214 Å². The molecule has 0 aliphatic carbocycles. The molecular formula is C26H25N3O7S. The van der Waals surface area contributed by atoms with Crippen molar-refractivity contribution in [3.63, 3.8) is 0 Å². The second-order valence-corrected chi connectivity index (χ2v) is 10.2. The Balaban J connectivity index is 1.75. The van der Waals surface area contributed by atoms with Crippen LogP contribution in [0.4, 0.5) is 5.69 Å². The van der Waals surface area contributed by atoms with Gasteiger partial charge in [0.05, 0.1) is 17.7 Å². The molecule has 0 fully saturated rings. The summed E-state index contributed by atoms with van der Waals surface area (Å²) in [6.45, 7) is 3.02. The van der Waals surface area contributed by atoms with Crippen LogP contribution >= 0.6 is 0 Å². The van der Waals surface area contributed by atoms with Gasteiger partial charge in [0.2, 0.25) is 10.0 Å². The van der Waals surface area contributed by atoms with Crippen molar-refractivity contribution < 1.29 is 32.4 Å². The van der Waals surface area contributed by atoms with Gasteiger partial charge in [-0.25, -0.2) is 13.9 Å².